The first kappa shape index (κ1) is 9.13. The topological polar surface area (TPSA) is 89.3 Å². The van der Waals surface area contributed by atoms with Gasteiger partial charge < -0.3 is 16.6 Å². The van der Waals surface area contributed by atoms with Crippen LogP contribution < -0.4 is 11.5 Å². The van der Waals surface area contributed by atoms with Gasteiger partial charge in [0.2, 0.25) is 0 Å². The summed E-state index contributed by atoms with van der Waals surface area (Å²) in [4.78, 5) is 10.2. The van der Waals surface area contributed by atoms with Gasteiger partial charge in [-0.15, -0.1) is 0 Å². The average molecular weight is 144 g/mol. The number of carboxylic acid groups (broad SMARTS) is 1. The third-order valence-electron chi connectivity index (χ3n) is 1.17. The number of hydrogen-bond acceptors (Lipinski definition) is 3. The van der Waals surface area contributed by atoms with Crippen molar-refractivity contribution in [2.45, 2.75) is 12.5 Å². The van der Waals surface area contributed by atoms with Crippen LogP contribution in [-0.4, -0.2) is 23.7 Å². The second-order valence-corrected chi connectivity index (χ2v) is 2.01. The third kappa shape index (κ3) is 2.61. The number of rotatable bonds is 4. The van der Waals surface area contributed by atoms with E-state index >= 15 is 0 Å². The maximum absolute atomic E-state index is 10.2. The molecule has 0 fully saturated rings. The molecule has 0 aliphatic heterocycles. The Bertz CT molecular complexity index is 145. The number of aliphatic carboxylic acids is 1. The van der Waals surface area contributed by atoms with Gasteiger partial charge in [-0.05, 0) is 18.5 Å². The minimum atomic E-state index is -1.06. The Morgan fingerprint density at radius 2 is 2.20 bits per heavy atom. The molecule has 0 aromatic heterocycles. The van der Waals surface area contributed by atoms with E-state index in [9.17, 15) is 4.79 Å². The molecular formula is C6H12N2O2. The van der Waals surface area contributed by atoms with Crippen LogP contribution in [0.4, 0.5) is 0 Å². The van der Waals surface area contributed by atoms with Gasteiger partial charge in [0.15, 0.2) is 0 Å². The van der Waals surface area contributed by atoms with Crippen molar-refractivity contribution in [3.8, 4) is 0 Å². The number of carboxylic acids is 1. The number of hydrogen-bond donors (Lipinski definition) is 3. The summed E-state index contributed by atoms with van der Waals surface area (Å²) in [6, 6.07) is -0.969. The fourth-order valence-electron chi connectivity index (χ4n) is 0.516. The minimum Gasteiger partial charge on any atom is -0.480 e. The predicted octanol–water partition coefficient (Wildman–Crippen LogP) is -0.697. The van der Waals surface area contributed by atoms with Crippen molar-refractivity contribution in [2.24, 2.45) is 11.5 Å². The van der Waals surface area contributed by atoms with Gasteiger partial charge in [0.1, 0.15) is 6.04 Å². The highest BCUT2D eigenvalue weighted by Crippen LogP contribution is 2.00. The molecule has 0 aliphatic rings. The lowest BCUT2D eigenvalue weighted by molar-refractivity contribution is -0.137. The summed E-state index contributed by atoms with van der Waals surface area (Å²) in [5, 5.41) is 8.35. The molecule has 0 heterocycles. The van der Waals surface area contributed by atoms with E-state index in [0.717, 1.165) is 0 Å². The van der Waals surface area contributed by atoms with Crippen LogP contribution in [0.1, 0.15) is 6.42 Å². The second kappa shape index (κ2) is 4.03. The highest BCUT2D eigenvalue weighted by atomic mass is 16.4. The lowest BCUT2D eigenvalue weighted by atomic mass is 10.1. The zero-order valence-corrected chi connectivity index (χ0v) is 5.71. The molecule has 0 aromatic carbocycles. The Kier molecular flexibility index (Phi) is 3.68. The average Bonchev–Trinajstić information content (AvgIpc) is 1.87. The molecular weight excluding hydrogens is 132 g/mol. The van der Waals surface area contributed by atoms with Crippen LogP contribution in [-0.2, 0) is 4.79 Å². The van der Waals surface area contributed by atoms with Crippen LogP contribution in [0.3, 0.4) is 0 Å². The molecule has 1 atom stereocenters. The van der Waals surface area contributed by atoms with Gasteiger partial charge >= 0.3 is 5.97 Å². The van der Waals surface area contributed by atoms with Gasteiger partial charge in [-0.1, -0.05) is 6.58 Å². The quantitative estimate of drug-likeness (QED) is 0.455. The van der Waals surface area contributed by atoms with Gasteiger partial charge in [0.25, 0.3) is 0 Å². The third-order valence-corrected chi connectivity index (χ3v) is 1.17. The SMILES string of the molecule is C=C(CCN)[C@H](N)C(=O)O. The summed E-state index contributed by atoms with van der Waals surface area (Å²) >= 11 is 0. The van der Waals surface area contributed by atoms with E-state index in [-0.39, 0.29) is 0 Å². The number of nitrogens with two attached hydrogens (primary N) is 2. The molecule has 0 aliphatic carbocycles. The maximum Gasteiger partial charge on any atom is 0.324 e. The van der Waals surface area contributed by atoms with Crippen molar-refractivity contribution in [1.29, 1.82) is 0 Å². The molecule has 4 nitrogen and oxygen atoms in total. The number of carbonyl (C=O) groups is 1. The summed E-state index contributed by atoms with van der Waals surface area (Å²) in [6.45, 7) is 3.87. The molecule has 0 unspecified atom stereocenters. The molecule has 0 rings (SSSR count). The van der Waals surface area contributed by atoms with Crippen molar-refractivity contribution in [3.63, 3.8) is 0 Å². The van der Waals surface area contributed by atoms with Crippen molar-refractivity contribution < 1.29 is 9.90 Å². The lowest BCUT2D eigenvalue weighted by Crippen LogP contribution is -2.32. The molecule has 0 saturated heterocycles. The molecule has 0 aromatic rings. The van der Waals surface area contributed by atoms with E-state index in [4.69, 9.17) is 16.6 Å². The van der Waals surface area contributed by atoms with Gasteiger partial charge in [0, 0.05) is 0 Å². The van der Waals surface area contributed by atoms with Gasteiger partial charge in [-0.3, -0.25) is 4.79 Å². The Labute approximate surface area is 59.5 Å². The summed E-state index contributed by atoms with van der Waals surface area (Å²) in [7, 11) is 0. The fourth-order valence-corrected chi connectivity index (χ4v) is 0.516. The van der Waals surface area contributed by atoms with Gasteiger partial charge in [-0.2, -0.15) is 0 Å². The first-order chi connectivity index (χ1) is 4.59. The normalized spacial score (nSPS) is 12.6. The molecule has 10 heavy (non-hydrogen) atoms. The van der Waals surface area contributed by atoms with Crippen molar-refractivity contribution >= 4 is 5.97 Å². The predicted molar refractivity (Wildman–Crippen MR) is 38.4 cm³/mol. The smallest absolute Gasteiger partial charge is 0.324 e. The van der Waals surface area contributed by atoms with Crippen molar-refractivity contribution in [3.05, 3.63) is 12.2 Å². The molecule has 0 bridgehead atoms. The van der Waals surface area contributed by atoms with Crippen LogP contribution in [0.2, 0.25) is 0 Å². The summed E-state index contributed by atoms with van der Waals surface area (Å²) in [5.41, 5.74) is 10.8. The largest absolute Gasteiger partial charge is 0.480 e. The van der Waals surface area contributed by atoms with Crippen LogP contribution >= 0.6 is 0 Å². The van der Waals surface area contributed by atoms with E-state index < -0.39 is 12.0 Å². The second-order valence-electron chi connectivity index (χ2n) is 2.01. The van der Waals surface area contributed by atoms with E-state index in [1.54, 1.807) is 0 Å². The maximum atomic E-state index is 10.2. The van der Waals surface area contributed by atoms with Crippen LogP contribution in [0.25, 0.3) is 0 Å². The summed E-state index contributed by atoms with van der Waals surface area (Å²) in [5.74, 6) is -1.06. The minimum absolute atomic E-state index is 0.389. The molecule has 5 N–H and O–H groups in total. The first-order valence-electron chi connectivity index (χ1n) is 2.95. The van der Waals surface area contributed by atoms with Crippen LogP contribution in [0.5, 0.6) is 0 Å². The Balaban J connectivity index is 3.82. The van der Waals surface area contributed by atoms with E-state index in [0.29, 0.717) is 18.5 Å². The van der Waals surface area contributed by atoms with Gasteiger partial charge in [-0.25, -0.2) is 0 Å². The van der Waals surface area contributed by atoms with Crippen LogP contribution in [0.15, 0.2) is 12.2 Å². The van der Waals surface area contributed by atoms with Crippen molar-refractivity contribution in [2.75, 3.05) is 6.54 Å². The summed E-state index contributed by atoms with van der Waals surface area (Å²) < 4.78 is 0. The van der Waals surface area contributed by atoms with E-state index in [1.165, 1.54) is 0 Å². The Morgan fingerprint density at radius 3 is 2.50 bits per heavy atom. The van der Waals surface area contributed by atoms with E-state index in [2.05, 4.69) is 6.58 Å². The fraction of sp³-hybridized carbons (Fsp3) is 0.500. The zero-order valence-electron chi connectivity index (χ0n) is 5.71. The zero-order chi connectivity index (χ0) is 8.15. The van der Waals surface area contributed by atoms with Gasteiger partial charge in [0.05, 0.1) is 0 Å². The highest BCUT2D eigenvalue weighted by Gasteiger charge is 2.13. The molecule has 0 spiro atoms. The highest BCUT2D eigenvalue weighted by molar-refractivity contribution is 5.76. The van der Waals surface area contributed by atoms with Crippen molar-refractivity contribution in [1.82, 2.24) is 0 Å². The molecule has 4 heteroatoms. The Hall–Kier alpha value is -0.870. The van der Waals surface area contributed by atoms with Crippen LogP contribution in [0, 0.1) is 0 Å². The molecule has 0 radical (unpaired) electrons. The lowest BCUT2D eigenvalue weighted by Gasteiger charge is -2.07. The standard InChI is InChI=1S/C6H12N2O2/c1-4(2-3-7)5(8)6(9)10/h5H,1-3,7-8H2,(H,9,10)/t5-/m0/s1. The van der Waals surface area contributed by atoms with E-state index in [1.807, 2.05) is 0 Å². The molecule has 58 valence electrons. The Morgan fingerprint density at radius 1 is 1.70 bits per heavy atom. The monoisotopic (exact) mass is 144 g/mol. The molecule has 0 saturated carbocycles. The first-order valence-corrected chi connectivity index (χ1v) is 2.95. The summed E-state index contributed by atoms with van der Waals surface area (Å²) in [6.07, 6.45) is 0.466. The molecule has 0 amide bonds.